The third-order valence-electron chi connectivity index (χ3n) is 4.12. The lowest BCUT2D eigenvalue weighted by molar-refractivity contribution is -0.118. The van der Waals surface area contributed by atoms with E-state index in [-0.39, 0.29) is 32.8 Å². The fourth-order valence-electron chi connectivity index (χ4n) is 2.75. The third kappa shape index (κ3) is 5.82. The summed E-state index contributed by atoms with van der Waals surface area (Å²) in [5.74, 6) is -0.464. The van der Waals surface area contributed by atoms with E-state index < -0.39 is 10.0 Å². The van der Waals surface area contributed by atoms with Crippen molar-refractivity contribution in [2.24, 2.45) is 5.92 Å². The predicted molar refractivity (Wildman–Crippen MR) is 107 cm³/mol. The van der Waals surface area contributed by atoms with Crippen LogP contribution in [0.5, 0.6) is 0 Å². The first-order valence-corrected chi connectivity index (χ1v) is 11.0. The van der Waals surface area contributed by atoms with Crippen LogP contribution in [0.2, 0.25) is 0 Å². The van der Waals surface area contributed by atoms with Crippen molar-refractivity contribution in [3.8, 4) is 0 Å². The Morgan fingerprint density at radius 2 is 1.78 bits per heavy atom. The highest BCUT2D eigenvalue weighted by Crippen LogP contribution is 2.29. The van der Waals surface area contributed by atoms with Crippen molar-refractivity contribution in [1.82, 2.24) is 14.9 Å². The van der Waals surface area contributed by atoms with Crippen molar-refractivity contribution < 1.29 is 13.2 Å². The maximum absolute atomic E-state index is 12.6. The average Bonchev–Trinajstić information content (AvgIpc) is 3.04. The second kappa shape index (κ2) is 8.45. The van der Waals surface area contributed by atoms with Gasteiger partial charge >= 0.3 is 0 Å². The fraction of sp³-hybridized carbons (Fsp3) is 0.500. The first-order chi connectivity index (χ1) is 12.5. The zero-order valence-electron chi connectivity index (χ0n) is 16.2. The molecule has 0 bridgehead atoms. The van der Waals surface area contributed by atoms with Crippen LogP contribution in [-0.2, 0) is 20.2 Å². The molecular weight excluding hydrogens is 384 g/mol. The molecule has 1 heterocycles. The molecule has 0 aliphatic carbocycles. The number of sulfonamides is 1. The zero-order chi connectivity index (χ0) is 20.2. The number of hydrogen-bond acceptors (Lipinski definition) is 6. The van der Waals surface area contributed by atoms with E-state index in [9.17, 15) is 13.2 Å². The molecule has 1 amide bonds. The topological polar surface area (TPSA) is 101 Å². The van der Waals surface area contributed by atoms with Gasteiger partial charge in [0.25, 0.3) is 10.0 Å². The molecule has 1 atom stereocenters. The lowest BCUT2D eigenvalue weighted by Crippen LogP contribution is -2.37. The number of nitrogens with one attached hydrogen (secondary N) is 2. The Balaban J connectivity index is 2.05. The molecule has 0 aliphatic rings. The third-order valence-corrected chi connectivity index (χ3v) is 6.91. The molecule has 0 radical (unpaired) electrons. The largest absolute Gasteiger partial charge is 0.300 e. The van der Waals surface area contributed by atoms with Crippen molar-refractivity contribution in [2.75, 3.05) is 5.32 Å². The minimum atomic E-state index is -3.81. The number of amides is 1. The smallest absolute Gasteiger partial charge is 0.270 e. The molecular formula is C18H26N4O3S2. The van der Waals surface area contributed by atoms with Crippen LogP contribution in [0, 0.1) is 5.92 Å². The Labute approximate surface area is 164 Å². The Kier molecular flexibility index (Phi) is 6.72. The van der Waals surface area contributed by atoms with Crippen LogP contribution in [0.1, 0.15) is 46.6 Å². The van der Waals surface area contributed by atoms with E-state index in [1.54, 1.807) is 13.8 Å². The molecule has 1 aromatic carbocycles. The molecule has 0 saturated heterocycles. The van der Waals surface area contributed by atoms with Gasteiger partial charge in [-0.3, -0.25) is 4.79 Å². The summed E-state index contributed by atoms with van der Waals surface area (Å²) in [6.07, 6.45) is 0.617. The van der Waals surface area contributed by atoms with Gasteiger partial charge in [-0.25, -0.2) is 13.1 Å². The van der Waals surface area contributed by atoms with Crippen LogP contribution < -0.4 is 10.0 Å². The van der Waals surface area contributed by atoms with E-state index in [2.05, 4.69) is 34.1 Å². The highest BCUT2D eigenvalue weighted by molar-refractivity contribution is 7.91. The molecule has 0 spiro atoms. The van der Waals surface area contributed by atoms with Gasteiger partial charge in [0.15, 0.2) is 0 Å². The van der Waals surface area contributed by atoms with Crippen molar-refractivity contribution in [2.45, 2.75) is 56.8 Å². The summed E-state index contributed by atoms with van der Waals surface area (Å²) in [4.78, 5) is 11.7. The SMILES string of the molecule is CC(C)C(=O)Nc1nnc(S(=O)(=O)N[C@@H](C)CC(C)(C)c2ccccc2)s1. The van der Waals surface area contributed by atoms with Crippen molar-refractivity contribution in [1.29, 1.82) is 0 Å². The average molecular weight is 411 g/mol. The minimum absolute atomic E-state index is 0.161. The van der Waals surface area contributed by atoms with Gasteiger partial charge in [-0.1, -0.05) is 69.4 Å². The standard InChI is InChI=1S/C18H26N4O3S2/c1-12(2)15(23)19-16-20-21-17(26-16)27(24,25)22-13(3)11-18(4,5)14-9-7-6-8-10-14/h6-10,12-13,22H,11H2,1-5H3,(H,19,20,23)/t13-/m0/s1. The van der Waals surface area contributed by atoms with Gasteiger partial charge in [0.2, 0.25) is 15.4 Å². The van der Waals surface area contributed by atoms with E-state index in [1.807, 2.05) is 37.3 Å². The van der Waals surface area contributed by atoms with Gasteiger partial charge in [0.1, 0.15) is 0 Å². The van der Waals surface area contributed by atoms with Gasteiger partial charge in [0.05, 0.1) is 0 Å². The van der Waals surface area contributed by atoms with Crippen LogP contribution in [0.4, 0.5) is 5.13 Å². The van der Waals surface area contributed by atoms with Gasteiger partial charge < -0.3 is 5.32 Å². The first kappa shape index (κ1) is 21.5. The molecule has 0 aliphatic heterocycles. The quantitative estimate of drug-likeness (QED) is 0.651. The lowest BCUT2D eigenvalue weighted by atomic mass is 9.79. The summed E-state index contributed by atoms with van der Waals surface area (Å²) < 4.78 is 27.7. The highest BCUT2D eigenvalue weighted by atomic mass is 32.2. The molecule has 0 fully saturated rings. The molecule has 0 saturated carbocycles. The van der Waals surface area contributed by atoms with E-state index >= 15 is 0 Å². The summed E-state index contributed by atoms with van der Waals surface area (Å²) in [5, 5.41) is 10.2. The van der Waals surface area contributed by atoms with Crippen LogP contribution >= 0.6 is 11.3 Å². The maximum Gasteiger partial charge on any atom is 0.270 e. The van der Waals surface area contributed by atoms with Crippen LogP contribution in [0.15, 0.2) is 34.7 Å². The number of benzene rings is 1. The number of anilines is 1. The maximum atomic E-state index is 12.6. The first-order valence-electron chi connectivity index (χ1n) is 8.73. The van der Waals surface area contributed by atoms with Gasteiger partial charge in [-0.05, 0) is 24.3 Å². The summed E-state index contributed by atoms with van der Waals surface area (Å²) >= 11 is 0.837. The van der Waals surface area contributed by atoms with Crippen molar-refractivity contribution >= 4 is 32.4 Å². The number of carbonyl (C=O) groups is 1. The molecule has 2 aromatic rings. The highest BCUT2D eigenvalue weighted by Gasteiger charge is 2.28. The molecule has 0 unspecified atom stereocenters. The summed E-state index contributed by atoms with van der Waals surface area (Å²) in [7, 11) is -3.81. The molecule has 7 nitrogen and oxygen atoms in total. The molecule has 2 N–H and O–H groups in total. The second-order valence-corrected chi connectivity index (χ2v) is 10.4. The van der Waals surface area contributed by atoms with Gasteiger partial charge in [-0.2, -0.15) is 0 Å². The normalized spacial score (nSPS) is 13.6. The summed E-state index contributed by atoms with van der Waals surface area (Å²) in [6, 6.07) is 9.67. The number of aromatic nitrogens is 2. The molecule has 1 aromatic heterocycles. The van der Waals surface area contributed by atoms with Gasteiger partial charge in [0, 0.05) is 12.0 Å². The molecule has 9 heteroatoms. The zero-order valence-corrected chi connectivity index (χ0v) is 17.8. The van der Waals surface area contributed by atoms with Crippen molar-refractivity contribution in [3.63, 3.8) is 0 Å². The molecule has 148 valence electrons. The van der Waals surface area contributed by atoms with Crippen LogP contribution in [0.25, 0.3) is 0 Å². The minimum Gasteiger partial charge on any atom is -0.300 e. The number of nitrogens with zero attached hydrogens (tertiary/aromatic N) is 2. The Morgan fingerprint density at radius 1 is 1.15 bits per heavy atom. The lowest BCUT2D eigenvalue weighted by Gasteiger charge is -2.28. The Hall–Kier alpha value is -1.84. The Bertz CT molecular complexity index is 877. The second-order valence-electron chi connectivity index (χ2n) is 7.49. The van der Waals surface area contributed by atoms with E-state index in [1.165, 1.54) is 0 Å². The Morgan fingerprint density at radius 3 is 2.37 bits per heavy atom. The molecule has 2 rings (SSSR count). The summed E-state index contributed by atoms with van der Waals surface area (Å²) in [5.41, 5.74) is 0.950. The van der Waals surface area contributed by atoms with Crippen LogP contribution in [0.3, 0.4) is 0 Å². The van der Waals surface area contributed by atoms with E-state index in [0.29, 0.717) is 6.42 Å². The monoisotopic (exact) mass is 410 g/mol. The number of hydrogen-bond donors (Lipinski definition) is 2. The van der Waals surface area contributed by atoms with Gasteiger partial charge in [-0.15, -0.1) is 10.2 Å². The molecule has 27 heavy (non-hydrogen) atoms. The number of rotatable bonds is 8. The summed E-state index contributed by atoms with van der Waals surface area (Å²) in [6.45, 7) is 9.47. The number of carbonyl (C=O) groups excluding carboxylic acids is 1. The van der Waals surface area contributed by atoms with Crippen LogP contribution in [-0.4, -0.2) is 30.6 Å². The van der Waals surface area contributed by atoms with E-state index in [0.717, 1.165) is 16.9 Å². The fourth-order valence-corrected chi connectivity index (χ4v) is 4.91. The van der Waals surface area contributed by atoms with E-state index in [4.69, 9.17) is 0 Å². The predicted octanol–water partition coefficient (Wildman–Crippen LogP) is 3.17. The van der Waals surface area contributed by atoms with Crippen molar-refractivity contribution in [3.05, 3.63) is 35.9 Å².